The number of rotatable bonds is 8. The lowest BCUT2D eigenvalue weighted by molar-refractivity contribution is -0.00234. The molecule has 3 rings (SSSR count). The molecule has 144 valence electrons. The van der Waals surface area contributed by atoms with Crippen LogP contribution in [0.15, 0.2) is 17.8 Å². The van der Waals surface area contributed by atoms with E-state index < -0.39 is 0 Å². The molecule has 2 aromatic rings. The van der Waals surface area contributed by atoms with Crippen LogP contribution in [0.5, 0.6) is 0 Å². The van der Waals surface area contributed by atoms with E-state index in [1.165, 1.54) is 41.7 Å². The monoisotopic (exact) mass is 375 g/mol. The van der Waals surface area contributed by atoms with Gasteiger partial charge in [-0.25, -0.2) is 0 Å². The summed E-state index contributed by atoms with van der Waals surface area (Å²) >= 11 is 1.89. The standard InChI is InChI=1S/C21H33N3OS/c1-5-25-16-21(7-6-20-17(2)15-26-18(20)3)8-10-24(11-9-21)14-19-12-22-23(4)13-19/h12-13,15H,5-11,14,16H2,1-4H3. The number of likely N-dealkylation sites (tertiary alicyclic amines) is 1. The molecule has 0 saturated carbocycles. The average molecular weight is 376 g/mol. The summed E-state index contributed by atoms with van der Waals surface area (Å²) in [4.78, 5) is 4.06. The van der Waals surface area contributed by atoms with E-state index in [4.69, 9.17) is 4.74 Å². The van der Waals surface area contributed by atoms with Crippen molar-refractivity contribution in [3.05, 3.63) is 39.3 Å². The van der Waals surface area contributed by atoms with Gasteiger partial charge in [-0.15, -0.1) is 11.3 Å². The normalized spacial score (nSPS) is 17.7. The van der Waals surface area contributed by atoms with Gasteiger partial charge >= 0.3 is 0 Å². The Balaban J connectivity index is 1.59. The molecule has 0 aromatic carbocycles. The fraction of sp³-hybridized carbons (Fsp3) is 0.667. The smallest absolute Gasteiger partial charge is 0.0534 e. The first kappa shape index (κ1) is 19.6. The van der Waals surface area contributed by atoms with E-state index in [1.54, 1.807) is 5.56 Å². The number of aromatic nitrogens is 2. The Morgan fingerprint density at radius 2 is 2.04 bits per heavy atom. The molecule has 1 fully saturated rings. The van der Waals surface area contributed by atoms with Crippen LogP contribution < -0.4 is 0 Å². The van der Waals surface area contributed by atoms with E-state index in [1.807, 2.05) is 29.3 Å². The third-order valence-corrected chi connectivity index (χ3v) is 6.98. The molecule has 1 aliphatic heterocycles. The summed E-state index contributed by atoms with van der Waals surface area (Å²) in [5, 5.41) is 6.60. The van der Waals surface area contributed by atoms with E-state index in [0.717, 1.165) is 32.8 Å². The first-order valence-corrected chi connectivity index (χ1v) is 10.7. The van der Waals surface area contributed by atoms with Crippen molar-refractivity contribution in [2.24, 2.45) is 12.5 Å². The minimum Gasteiger partial charge on any atom is -0.381 e. The highest BCUT2D eigenvalue weighted by atomic mass is 32.1. The Kier molecular flexibility index (Phi) is 6.54. The molecule has 1 saturated heterocycles. The molecule has 26 heavy (non-hydrogen) atoms. The molecule has 2 aromatic heterocycles. The van der Waals surface area contributed by atoms with Gasteiger partial charge in [0, 0.05) is 36.8 Å². The highest BCUT2D eigenvalue weighted by Gasteiger charge is 2.34. The van der Waals surface area contributed by atoms with Gasteiger partial charge in [0.25, 0.3) is 0 Å². The van der Waals surface area contributed by atoms with Gasteiger partial charge in [0.1, 0.15) is 0 Å². The van der Waals surface area contributed by atoms with Crippen molar-refractivity contribution < 1.29 is 4.74 Å². The van der Waals surface area contributed by atoms with Crippen LogP contribution in [0.3, 0.4) is 0 Å². The van der Waals surface area contributed by atoms with Crippen LogP contribution in [-0.2, 0) is 24.8 Å². The summed E-state index contributed by atoms with van der Waals surface area (Å²) in [5.41, 5.74) is 4.69. The molecule has 5 heteroatoms. The predicted octanol–water partition coefficient (Wildman–Crippen LogP) is 4.35. The fourth-order valence-electron chi connectivity index (χ4n) is 4.14. The highest BCUT2D eigenvalue weighted by Crippen LogP contribution is 2.38. The molecule has 0 spiro atoms. The Hall–Kier alpha value is -1.17. The fourth-order valence-corrected chi connectivity index (χ4v) is 5.04. The molecule has 0 aliphatic carbocycles. The molecule has 0 unspecified atom stereocenters. The zero-order valence-electron chi connectivity index (χ0n) is 16.8. The van der Waals surface area contributed by atoms with E-state index in [9.17, 15) is 0 Å². The lowest BCUT2D eigenvalue weighted by Crippen LogP contribution is -2.42. The first-order valence-electron chi connectivity index (χ1n) is 9.82. The lowest BCUT2D eigenvalue weighted by Gasteiger charge is -2.42. The predicted molar refractivity (Wildman–Crippen MR) is 109 cm³/mol. The summed E-state index contributed by atoms with van der Waals surface area (Å²) in [7, 11) is 1.99. The van der Waals surface area contributed by atoms with Gasteiger partial charge in [0.2, 0.25) is 0 Å². The number of aryl methyl sites for hydroxylation is 3. The van der Waals surface area contributed by atoms with Gasteiger partial charge in [-0.3, -0.25) is 9.58 Å². The molecule has 3 heterocycles. The molecule has 0 bridgehead atoms. The Labute approximate surface area is 162 Å². The SMILES string of the molecule is CCOCC1(CCc2c(C)csc2C)CCN(Cc2cnn(C)c2)CC1. The molecule has 0 atom stereocenters. The third-order valence-electron chi connectivity index (χ3n) is 5.91. The number of hydrogen-bond donors (Lipinski definition) is 0. The third kappa shape index (κ3) is 4.76. The molecule has 1 aliphatic rings. The molecular weight excluding hydrogens is 342 g/mol. The maximum absolute atomic E-state index is 5.93. The van der Waals surface area contributed by atoms with Gasteiger partial charge in [0.05, 0.1) is 12.8 Å². The van der Waals surface area contributed by atoms with Crippen LogP contribution in [0.2, 0.25) is 0 Å². The van der Waals surface area contributed by atoms with Crippen molar-refractivity contribution in [1.29, 1.82) is 0 Å². The number of ether oxygens (including phenoxy) is 1. The number of piperidine rings is 1. The minimum atomic E-state index is 0.336. The quantitative estimate of drug-likeness (QED) is 0.687. The summed E-state index contributed by atoms with van der Waals surface area (Å²) in [6.45, 7) is 11.7. The van der Waals surface area contributed by atoms with E-state index >= 15 is 0 Å². The van der Waals surface area contributed by atoms with Gasteiger partial charge in [-0.05, 0) is 81.5 Å². The Morgan fingerprint density at radius 1 is 1.27 bits per heavy atom. The van der Waals surface area contributed by atoms with Crippen molar-refractivity contribution in [1.82, 2.24) is 14.7 Å². The van der Waals surface area contributed by atoms with E-state index in [2.05, 4.69) is 42.3 Å². The van der Waals surface area contributed by atoms with Crippen molar-refractivity contribution in [2.75, 3.05) is 26.3 Å². The summed E-state index contributed by atoms with van der Waals surface area (Å²) in [5.74, 6) is 0. The second-order valence-corrected chi connectivity index (χ2v) is 8.97. The van der Waals surface area contributed by atoms with Gasteiger partial charge in [-0.2, -0.15) is 5.10 Å². The van der Waals surface area contributed by atoms with E-state index in [0.29, 0.717) is 5.41 Å². The van der Waals surface area contributed by atoms with Gasteiger partial charge < -0.3 is 4.74 Å². The zero-order chi connectivity index (χ0) is 18.6. The summed E-state index contributed by atoms with van der Waals surface area (Å²) in [6, 6.07) is 0. The zero-order valence-corrected chi connectivity index (χ0v) is 17.6. The van der Waals surface area contributed by atoms with E-state index in [-0.39, 0.29) is 0 Å². The number of thiophene rings is 1. The largest absolute Gasteiger partial charge is 0.381 e. The van der Waals surface area contributed by atoms with Crippen LogP contribution in [0.1, 0.15) is 47.8 Å². The van der Waals surface area contributed by atoms with Gasteiger partial charge in [0.15, 0.2) is 0 Å². The van der Waals surface area contributed by atoms with Crippen LogP contribution >= 0.6 is 11.3 Å². The van der Waals surface area contributed by atoms with Crippen LogP contribution in [0.25, 0.3) is 0 Å². The maximum atomic E-state index is 5.93. The topological polar surface area (TPSA) is 30.3 Å². The van der Waals surface area contributed by atoms with Crippen molar-refractivity contribution in [3.8, 4) is 0 Å². The molecule has 0 N–H and O–H groups in total. The van der Waals surface area contributed by atoms with Crippen molar-refractivity contribution in [2.45, 2.75) is 53.0 Å². The minimum absolute atomic E-state index is 0.336. The van der Waals surface area contributed by atoms with Gasteiger partial charge in [-0.1, -0.05) is 0 Å². The number of nitrogens with zero attached hydrogens (tertiary/aromatic N) is 3. The summed E-state index contributed by atoms with van der Waals surface area (Å²) in [6.07, 6.45) is 9.02. The Morgan fingerprint density at radius 3 is 2.62 bits per heavy atom. The first-order chi connectivity index (χ1) is 12.5. The maximum Gasteiger partial charge on any atom is 0.0534 e. The molecular formula is C21H33N3OS. The second kappa shape index (κ2) is 8.68. The lowest BCUT2D eigenvalue weighted by atomic mass is 9.74. The molecule has 0 amide bonds. The number of hydrogen-bond acceptors (Lipinski definition) is 4. The van der Waals surface area contributed by atoms with Crippen molar-refractivity contribution >= 4 is 11.3 Å². The van der Waals surface area contributed by atoms with Crippen LogP contribution in [0.4, 0.5) is 0 Å². The Bertz CT molecular complexity index is 678. The van der Waals surface area contributed by atoms with Crippen LogP contribution in [0, 0.1) is 19.3 Å². The molecule has 0 radical (unpaired) electrons. The summed E-state index contributed by atoms with van der Waals surface area (Å²) < 4.78 is 7.83. The molecule has 4 nitrogen and oxygen atoms in total. The van der Waals surface area contributed by atoms with Crippen LogP contribution in [-0.4, -0.2) is 41.0 Å². The average Bonchev–Trinajstić information content (AvgIpc) is 3.18. The second-order valence-electron chi connectivity index (χ2n) is 7.89. The highest BCUT2D eigenvalue weighted by molar-refractivity contribution is 7.10. The van der Waals surface area contributed by atoms with Crippen molar-refractivity contribution in [3.63, 3.8) is 0 Å².